The molecular formula is C13H15NO3S. The molecule has 0 radical (unpaired) electrons. The first kappa shape index (κ1) is 13.0. The average Bonchev–Trinajstić information content (AvgIpc) is 2.36. The zero-order valence-electron chi connectivity index (χ0n) is 10.0. The van der Waals surface area contributed by atoms with Crippen molar-refractivity contribution in [3.05, 3.63) is 29.8 Å². The summed E-state index contributed by atoms with van der Waals surface area (Å²) >= 11 is 4.12. The molecule has 0 spiro atoms. The van der Waals surface area contributed by atoms with Gasteiger partial charge < -0.3 is 5.11 Å². The van der Waals surface area contributed by atoms with Gasteiger partial charge in [0.1, 0.15) is 6.04 Å². The van der Waals surface area contributed by atoms with Crippen LogP contribution in [0.3, 0.4) is 0 Å². The van der Waals surface area contributed by atoms with Gasteiger partial charge in [-0.25, -0.2) is 4.79 Å². The number of nitrogens with zero attached hydrogens (tertiary/aromatic N) is 1. The number of carboxylic acid groups (broad SMARTS) is 1. The molecule has 96 valence electrons. The van der Waals surface area contributed by atoms with Crippen LogP contribution in [0.5, 0.6) is 0 Å². The van der Waals surface area contributed by atoms with Crippen LogP contribution in [-0.4, -0.2) is 28.3 Å². The Morgan fingerprint density at radius 3 is 2.72 bits per heavy atom. The number of anilines is 1. The Bertz CT molecular complexity index is 487. The Labute approximate surface area is 111 Å². The van der Waals surface area contributed by atoms with Gasteiger partial charge in [-0.3, -0.25) is 9.69 Å². The van der Waals surface area contributed by atoms with Crippen molar-refractivity contribution >= 4 is 30.2 Å². The van der Waals surface area contributed by atoms with Crippen LogP contribution >= 0.6 is 12.6 Å². The van der Waals surface area contributed by atoms with E-state index < -0.39 is 17.3 Å². The van der Waals surface area contributed by atoms with Crippen LogP contribution in [0.1, 0.15) is 18.9 Å². The molecule has 0 aliphatic carbocycles. The Kier molecular flexibility index (Phi) is 3.61. The number of para-hydroxylation sites is 1. The number of carboxylic acids is 1. The normalized spacial score (nSPS) is 20.1. The van der Waals surface area contributed by atoms with Gasteiger partial charge in [0.05, 0.1) is 5.25 Å². The highest BCUT2D eigenvalue weighted by molar-refractivity contribution is 7.81. The maximum atomic E-state index is 12.2. The highest BCUT2D eigenvalue weighted by Crippen LogP contribution is 2.31. The van der Waals surface area contributed by atoms with Gasteiger partial charge in [-0.05, 0) is 31.4 Å². The lowest BCUT2D eigenvalue weighted by atomic mass is 9.95. The SMILES string of the molecule is CC(S)C(=O)N1c2ccccc2CCC1C(=O)O. The summed E-state index contributed by atoms with van der Waals surface area (Å²) in [7, 11) is 0. The van der Waals surface area contributed by atoms with E-state index in [1.807, 2.05) is 18.2 Å². The monoisotopic (exact) mass is 265 g/mol. The van der Waals surface area contributed by atoms with Crippen LogP contribution in [0, 0.1) is 0 Å². The number of fused-ring (bicyclic) bond motifs is 1. The van der Waals surface area contributed by atoms with E-state index >= 15 is 0 Å². The highest BCUT2D eigenvalue weighted by Gasteiger charge is 2.36. The predicted octanol–water partition coefficient (Wildman–Crippen LogP) is 1.74. The lowest BCUT2D eigenvalue weighted by molar-refractivity contribution is -0.140. The first-order valence-corrected chi connectivity index (χ1v) is 6.36. The van der Waals surface area contributed by atoms with Crippen molar-refractivity contribution in [3.63, 3.8) is 0 Å². The molecule has 18 heavy (non-hydrogen) atoms. The number of aryl methyl sites for hydroxylation is 1. The second kappa shape index (κ2) is 5.02. The third-order valence-corrected chi connectivity index (χ3v) is 3.35. The van der Waals surface area contributed by atoms with Gasteiger partial charge in [-0.1, -0.05) is 18.2 Å². The van der Waals surface area contributed by atoms with Gasteiger partial charge >= 0.3 is 5.97 Å². The van der Waals surface area contributed by atoms with Crippen molar-refractivity contribution in [3.8, 4) is 0 Å². The molecule has 2 atom stereocenters. The number of aliphatic carboxylic acids is 1. The standard InChI is InChI=1S/C13H15NO3S/c1-8(18)12(15)14-10-5-3-2-4-9(10)6-7-11(14)13(16)17/h2-5,8,11,18H,6-7H2,1H3,(H,16,17). The molecule has 2 rings (SSSR count). The molecule has 1 amide bonds. The molecule has 1 aromatic rings. The lowest BCUT2D eigenvalue weighted by Gasteiger charge is -2.35. The predicted molar refractivity (Wildman–Crippen MR) is 72.1 cm³/mol. The fourth-order valence-electron chi connectivity index (χ4n) is 2.25. The molecule has 5 heteroatoms. The summed E-state index contributed by atoms with van der Waals surface area (Å²) in [6.07, 6.45) is 1.12. The molecule has 0 saturated carbocycles. The number of rotatable bonds is 2. The molecule has 1 N–H and O–H groups in total. The molecule has 0 aromatic heterocycles. The number of carbonyl (C=O) groups is 2. The van der Waals surface area contributed by atoms with Crippen molar-refractivity contribution in [2.24, 2.45) is 0 Å². The second-order valence-corrected chi connectivity index (χ2v) is 5.18. The smallest absolute Gasteiger partial charge is 0.326 e. The molecule has 0 saturated heterocycles. The minimum Gasteiger partial charge on any atom is -0.480 e. The summed E-state index contributed by atoms with van der Waals surface area (Å²) in [5.41, 5.74) is 1.71. The average molecular weight is 265 g/mol. The summed E-state index contributed by atoms with van der Waals surface area (Å²) in [5, 5.41) is 8.73. The van der Waals surface area contributed by atoms with Crippen LogP contribution in [0.2, 0.25) is 0 Å². The quantitative estimate of drug-likeness (QED) is 0.801. The number of benzene rings is 1. The van der Waals surface area contributed by atoms with Crippen molar-refractivity contribution < 1.29 is 14.7 Å². The van der Waals surface area contributed by atoms with E-state index in [4.69, 9.17) is 0 Å². The van der Waals surface area contributed by atoms with Crippen LogP contribution in [-0.2, 0) is 16.0 Å². The Morgan fingerprint density at radius 2 is 2.11 bits per heavy atom. The molecule has 0 bridgehead atoms. The first-order valence-electron chi connectivity index (χ1n) is 5.84. The second-order valence-electron chi connectivity index (χ2n) is 4.41. The minimum absolute atomic E-state index is 0.266. The van der Waals surface area contributed by atoms with Crippen molar-refractivity contribution in [1.82, 2.24) is 0 Å². The van der Waals surface area contributed by atoms with Crippen LogP contribution in [0.4, 0.5) is 5.69 Å². The van der Waals surface area contributed by atoms with Gasteiger partial charge in [0.25, 0.3) is 0 Å². The van der Waals surface area contributed by atoms with E-state index in [1.54, 1.807) is 13.0 Å². The third kappa shape index (κ3) is 2.22. The van der Waals surface area contributed by atoms with E-state index in [0.29, 0.717) is 18.5 Å². The largest absolute Gasteiger partial charge is 0.480 e. The minimum atomic E-state index is -0.966. The first-order chi connectivity index (χ1) is 8.52. The van der Waals surface area contributed by atoms with Gasteiger partial charge in [0.2, 0.25) is 5.91 Å². The molecular weight excluding hydrogens is 250 g/mol. The van der Waals surface area contributed by atoms with E-state index in [2.05, 4.69) is 12.6 Å². The van der Waals surface area contributed by atoms with Gasteiger partial charge in [0, 0.05) is 5.69 Å². The number of amides is 1. The van der Waals surface area contributed by atoms with E-state index in [0.717, 1.165) is 5.56 Å². The molecule has 1 heterocycles. The topological polar surface area (TPSA) is 57.6 Å². The fraction of sp³-hybridized carbons (Fsp3) is 0.385. The van der Waals surface area contributed by atoms with Crippen molar-refractivity contribution in [2.45, 2.75) is 31.1 Å². The third-order valence-electron chi connectivity index (χ3n) is 3.13. The maximum Gasteiger partial charge on any atom is 0.326 e. The van der Waals surface area contributed by atoms with Crippen molar-refractivity contribution in [1.29, 1.82) is 0 Å². The summed E-state index contributed by atoms with van der Waals surface area (Å²) in [6.45, 7) is 1.65. The van der Waals surface area contributed by atoms with E-state index in [-0.39, 0.29) is 5.91 Å². The van der Waals surface area contributed by atoms with Crippen LogP contribution in [0.15, 0.2) is 24.3 Å². The van der Waals surface area contributed by atoms with Gasteiger partial charge in [-0.15, -0.1) is 0 Å². The summed E-state index contributed by atoms with van der Waals surface area (Å²) in [5.74, 6) is -1.23. The Balaban J connectivity index is 2.47. The molecule has 1 aliphatic heterocycles. The fourth-order valence-corrected chi connectivity index (χ4v) is 2.38. The Hall–Kier alpha value is -1.49. The number of carbonyl (C=O) groups excluding carboxylic acids is 1. The van der Waals surface area contributed by atoms with Crippen molar-refractivity contribution in [2.75, 3.05) is 4.90 Å². The zero-order chi connectivity index (χ0) is 13.3. The highest BCUT2D eigenvalue weighted by atomic mass is 32.1. The molecule has 1 aliphatic rings. The zero-order valence-corrected chi connectivity index (χ0v) is 10.9. The number of thiol groups is 1. The summed E-state index contributed by atoms with van der Waals surface area (Å²) in [6, 6.07) is 6.64. The van der Waals surface area contributed by atoms with Crippen LogP contribution in [0.25, 0.3) is 0 Å². The molecule has 4 nitrogen and oxygen atoms in total. The van der Waals surface area contributed by atoms with E-state index in [1.165, 1.54) is 4.90 Å². The number of hydrogen-bond donors (Lipinski definition) is 2. The summed E-state index contributed by atoms with van der Waals surface area (Å²) in [4.78, 5) is 24.8. The molecule has 2 unspecified atom stereocenters. The maximum absolute atomic E-state index is 12.2. The summed E-state index contributed by atoms with van der Waals surface area (Å²) < 4.78 is 0. The van der Waals surface area contributed by atoms with E-state index in [9.17, 15) is 14.7 Å². The van der Waals surface area contributed by atoms with Crippen LogP contribution < -0.4 is 4.90 Å². The molecule has 1 aromatic carbocycles. The lowest BCUT2D eigenvalue weighted by Crippen LogP contribution is -2.50. The number of hydrogen-bond acceptors (Lipinski definition) is 3. The van der Waals surface area contributed by atoms with Gasteiger partial charge in [-0.2, -0.15) is 12.6 Å². The Morgan fingerprint density at radius 1 is 1.44 bits per heavy atom. The van der Waals surface area contributed by atoms with Gasteiger partial charge in [0.15, 0.2) is 0 Å². The molecule has 0 fully saturated rings.